The summed E-state index contributed by atoms with van der Waals surface area (Å²) in [5.74, 6) is 5.79. The summed E-state index contributed by atoms with van der Waals surface area (Å²) in [7, 11) is 0. The highest BCUT2D eigenvalue weighted by Crippen LogP contribution is 2.37. The Morgan fingerprint density at radius 1 is 1.30 bits per heavy atom. The Morgan fingerprint density at radius 2 is 2.15 bits per heavy atom. The molecule has 2 aromatic heterocycles. The lowest BCUT2D eigenvalue weighted by molar-refractivity contribution is -0.153. The summed E-state index contributed by atoms with van der Waals surface area (Å²) in [5, 5.41) is 0. The molecule has 27 heavy (non-hydrogen) atoms. The zero-order chi connectivity index (χ0) is 18.8. The number of hydrogen-bond acceptors (Lipinski definition) is 4. The fourth-order valence-electron chi connectivity index (χ4n) is 4.17. The molecule has 0 N–H and O–H groups in total. The second-order valence-electron chi connectivity index (χ2n) is 7.43. The molecule has 4 heterocycles. The molecule has 0 radical (unpaired) electrons. The number of carbonyl (C=O) groups excluding carboxylic acids is 1. The van der Waals surface area contributed by atoms with Crippen LogP contribution in [0.25, 0.3) is 11.8 Å². The van der Waals surface area contributed by atoms with Crippen LogP contribution in [-0.4, -0.2) is 15.5 Å². The lowest BCUT2D eigenvalue weighted by atomic mass is 9.76. The van der Waals surface area contributed by atoms with Crippen LogP contribution < -0.4 is 5.56 Å². The summed E-state index contributed by atoms with van der Waals surface area (Å²) >= 11 is 0. The van der Waals surface area contributed by atoms with E-state index in [-0.39, 0.29) is 18.1 Å². The van der Waals surface area contributed by atoms with Crippen molar-refractivity contribution in [1.82, 2.24) is 9.55 Å². The van der Waals surface area contributed by atoms with E-state index in [0.29, 0.717) is 24.8 Å². The van der Waals surface area contributed by atoms with Crippen molar-refractivity contribution in [3.05, 3.63) is 62.3 Å². The minimum absolute atomic E-state index is 0.0321. The van der Waals surface area contributed by atoms with Crippen LogP contribution in [0.1, 0.15) is 54.0 Å². The SMILES string of the molecule is CC[C@@]1(C)C(=O)OCc2c1cc1n(c2=O)-c2cc3c(nc2C1)CC#CC=C3. The molecule has 5 nitrogen and oxygen atoms in total. The number of pyridine rings is 2. The number of allylic oxidation sites excluding steroid dienone is 1. The zero-order valence-corrected chi connectivity index (χ0v) is 15.3. The second-order valence-corrected chi connectivity index (χ2v) is 7.43. The van der Waals surface area contributed by atoms with E-state index in [0.717, 1.165) is 33.9 Å². The Bertz CT molecular complexity index is 1180. The summed E-state index contributed by atoms with van der Waals surface area (Å²) in [6.07, 6.45) is 5.53. The predicted molar refractivity (Wildman–Crippen MR) is 101 cm³/mol. The van der Waals surface area contributed by atoms with E-state index in [2.05, 4.69) is 11.8 Å². The highest BCUT2D eigenvalue weighted by molar-refractivity contribution is 5.84. The van der Waals surface area contributed by atoms with E-state index in [9.17, 15) is 9.59 Å². The van der Waals surface area contributed by atoms with Crippen molar-refractivity contribution >= 4 is 12.0 Å². The lowest BCUT2D eigenvalue weighted by Crippen LogP contribution is -2.42. The summed E-state index contributed by atoms with van der Waals surface area (Å²) in [6, 6.07) is 4.02. The normalized spacial score (nSPS) is 21.2. The molecule has 5 heteroatoms. The molecule has 5 rings (SSSR count). The lowest BCUT2D eigenvalue weighted by Gasteiger charge is -2.33. The van der Waals surface area contributed by atoms with Crippen molar-refractivity contribution < 1.29 is 9.53 Å². The minimum atomic E-state index is -0.778. The molecule has 2 aromatic rings. The highest BCUT2D eigenvalue weighted by Gasteiger charge is 2.43. The molecule has 134 valence electrons. The van der Waals surface area contributed by atoms with Crippen molar-refractivity contribution in [2.75, 3.05) is 0 Å². The summed E-state index contributed by atoms with van der Waals surface area (Å²) < 4.78 is 7.08. The largest absolute Gasteiger partial charge is 0.460 e. The van der Waals surface area contributed by atoms with Gasteiger partial charge in [0.25, 0.3) is 5.56 Å². The number of aromatic nitrogens is 2. The molecule has 1 aliphatic carbocycles. The van der Waals surface area contributed by atoms with Gasteiger partial charge in [-0.1, -0.05) is 18.8 Å². The molecule has 2 aliphatic heterocycles. The van der Waals surface area contributed by atoms with Crippen LogP contribution in [0.15, 0.2) is 23.0 Å². The van der Waals surface area contributed by atoms with Gasteiger partial charge in [0.1, 0.15) is 6.61 Å². The highest BCUT2D eigenvalue weighted by atomic mass is 16.5. The van der Waals surface area contributed by atoms with E-state index >= 15 is 0 Å². The summed E-state index contributed by atoms with van der Waals surface area (Å²) in [6.45, 7) is 3.84. The van der Waals surface area contributed by atoms with E-state index in [1.165, 1.54) is 0 Å². The standard InChI is InChI=1S/C22H18N2O3/c1-3-22(2)16-10-14-11-18-19(9-13-7-5-4-6-8-17(13)23-18)24(14)20(25)15(16)12-27-21(22)26/h5,7,9-10H,3,8,11-12H2,1-2H3/t22-/m1/s1. The van der Waals surface area contributed by atoms with Crippen LogP contribution in [0.4, 0.5) is 0 Å². The van der Waals surface area contributed by atoms with Gasteiger partial charge in [-0.15, -0.1) is 0 Å². The van der Waals surface area contributed by atoms with Gasteiger partial charge in [0.15, 0.2) is 0 Å². The topological polar surface area (TPSA) is 61.2 Å². The molecule has 0 fully saturated rings. The van der Waals surface area contributed by atoms with Crippen LogP contribution in [-0.2, 0) is 34.4 Å². The Labute approximate surface area is 156 Å². The van der Waals surface area contributed by atoms with Gasteiger partial charge in [-0.05, 0) is 48.8 Å². The first-order valence-electron chi connectivity index (χ1n) is 9.16. The number of hydrogen-bond donors (Lipinski definition) is 0. The number of ether oxygens (including phenoxy) is 1. The van der Waals surface area contributed by atoms with E-state index in [4.69, 9.17) is 9.72 Å². The van der Waals surface area contributed by atoms with Crippen LogP contribution in [0.2, 0.25) is 0 Å². The summed E-state index contributed by atoms with van der Waals surface area (Å²) in [5.41, 5.74) is 5.00. The van der Waals surface area contributed by atoms with Gasteiger partial charge in [0, 0.05) is 12.1 Å². The fraction of sp³-hybridized carbons (Fsp3) is 0.318. The molecule has 3 aliphatic rings. The van der Waals surface area contributed by atoms with Crippen molar-refractivity contribution in [2.45, 2.75) is 45.1 Å². The average Bonchev–Trinajstić information content (AvgIpc) is 2.85. The molecule has 0 aromatic carbocycles. The average molecular weight is 358 g/mol. The number of carbonyl (C=O) groups is 1. The third-order valence-electron chi connectivity index (χ3n) is 5.97. The maximum Gasteiger partial charge on any atom is 0.316 e. The van der Waals surface area contributed by atoms with Crippen molar-refractivity contribution in [3.8, 4) is 17.5 Å². The maximum absolute atomic E-state index is 13.3. The quantitative estimate of drug-likeness (QED) is 0.495. The van der Waals surface area contributed by atoms with Crippen LogP contribution in [0.5, 0.6) is 0 Å². The van der Waals surface area contributed by atoms with Gasteiger partial charge in [-0.2, -0.15) is 0 Å². The van der Waals surface area contributed by atoms with Crippen LogP contribution >= 0.6 is 0 Å². The summed E-state index contributed by atoms with van der Waals surface area (Å²) in [4.78, 5) is 30.5. The Kier molecular flexibility index (Phi) is 3.23. The first-order valence-corrected chi connectivity index (χ1v) is 9.16. The van der Waals surface area contributed by atoms with E-state index < -0.39 is 5.41 Å². The third-order valence-corrected chi connectivity index (χ3v) is 5.97. The molecule has 0 saturated carbocycles. The van der Waals surface area contributed by atoms with Gasteiger partial charge in [-0.25, -0.2) is 0 Å². The second kappa shape index (κ2) is 5.43. The Hall–Kier alpha value is -3.13. The molecule has 0 bridgehead atoms. The van der Waals surface area contributed by atoms with Crippen LogP contribution in [0, 0.1) is 11.8 Å². The van der Waals surface area contributed by atoms with Crippen molar-refractivity contribution in [2.24, 2.45) is 0 Å². The Morgan fingerprint density at radius 3 is 2.96 bits per heavy atom. The molecule has 0 amide bonds. The van der Waals surface area contributed by atoms with Gasteiger partial charge in [0.05, 0.1) is 34.5 Å². The van der Waals surface area contributed by atoms with Crippen molar-refractivity contribution in [1.29, 1.82) is 0 Å². The molecule has 0 unspecified atom stereocenters. The van der Waals surface area contributed by atoms with Crippen molar-refractivity contribution in [3.63, 3.8) is 0 Å². The number of esters is 1. The maximum atomic E-state index is 13.3. The van der Waals surface area contributed by atoms with Gasteiger partial charge in [-0.3, -0.25) is 19.1 Å². The number of fused-ring (bicyclic) bond motifs is 5. The fourth-order valence-corrected chi connectivity index (χ4v) is 4.17. The smallest absolute Gasteiger partial charge is 0.316 e. The Balaban J connectivity index is 1.74. The van der Waals surface area contributed by atoms with Gasteiger partial charge >= 0.3 is 5.97 Å². The minimum Gasteiger partial charge on any atom is -0.460 e. The molecular weight excluding hydrogens is 340 g/mol. The first-order chi connectivity index (χ1) is 13.0. The third kappa shape index (κ3) is 2.10. The predicted octanol–water partition coefficient (Wildman–Crippen LogP) is 2.43. The van der Waals surface area contributed by atoms with E-state index in [1.54, 1.807) is 4.57 Å². The molecular formula is C22H18N2O3. The monoisotopic (exact) mass is 358 g/mol. The molecule has 0 spiro atoms. The van der Waals surface area contributed by atoms with Gasteiger partial charge < -0.3 is 4.74 Å². The van der Waals surface area contributed by atoms with E-state index in [1.807, 2.05) is 38.1 Å². The van der Waals surface area contributed by atoms with Crippen LogP contribution in [0.3, 0.4) is 0 Å². The zero-order valence-electron chi connectivity index (χ0n) is 15.3. The van der Waals surface area contributed by atoms with Gasteiger partial charge in [0.2, 0.25) is 0 Å². The molecule has 0 saturated heterocycles. The number of nitrogens with zero attached hydrogens (tertiary/aromatic N) is 2. The molecule has 1 atom stereocenters. The number of cyclic esters (lactones) is 1. The number of rotatable bonds is 1. The first kappa shape index (κ1) is 16.1.